The molecule has 0 bridgehead atoms. The number of hydrogen-bond acceptors (Lipinski definition) is 4. The molecule has 1 aromatic heterocycles. The van der Waals surface area contributed by atoms with Crippen LogP contribution in [0.15, 0.2) is 0 Å². The Bertz CT molecular complexity index is 407. The number of carbonyl (C=O) groups is 1. The quantitative estimate of drug-likeness (QED) is 0.756. The summed E-state index contributed by atoms with van der Waals surface area (Å²) in [6.07, 6.45) is -2.93. The Hall–Kier alpha value is -1.57. The number of carboxylic acid groups (broad SMARTS) is 1. The second kappa shape index (κ2) is 6.39. The molecule has 102 valence electrons. The fraction of sp³-hybridized carbons (Fsp3) is 0.700. The molecule has 0 fully saturated rings. The molecule has 0 radical (unpaired) electrons. The van der Waals surface area contributed by atoms with Crippen molar-refractivity contribution in [2.45, 2.75) is 26.8 Å². The van der Waals surface area contributed by atoms with E-state index in [2.05, 4.69) is 10.3 Å². The molecule has 6 nitrogen and oxygen atoms in total. The number of halogens is 2. The van der Waals surface area contributed by atoms with Crippen LogP contribution in [0.3, 0.4) is 0 Å². The van der Waals surface area contributed by atoms with Crippen LogP contribution in [0, 0.1) is 5.92 Å². The Morgan fingerprint density at radius 1 is 1.50 bits per heavy atom. The van der Waals surface area contributed by atoms with Gasteiger partial charge >= 0.3 is 5.97 Å². The molecule has 0 aliphatic rings. The zero-order chi connectivity index (χ0) is 13.7. The molecule has 0 spiro atoms. The number of alkyl halides is 2. The van der Waals surface area contributed by atoms with Gasteiger partial charge in [-0.05, 0) is 5.92 Å². The predicted octanol–water partition coefficient (Wildman–Crippen LogP) is 1.59. The minimum Gasteiger partial charge on any atom is -0.476 e. The zero-order valence-electron chi connectivity index (χ0n) is 10.1. The summed E-state index contributed by atoms with van der Waals surface area (Å²) in [5, 5.41) is 15.3. The lowest BCUT2D eigenvalue weighted by Crippen LogP contribution is -2.14. The Morgan fingerprint density at radius 2 is 2.17 bits per heavy atom. The van der Waals surface area contributed by atoms with Crippen molar-refractivity contribution in [3.05, 3.63) is 11.4 Å². The molecular formula is C10H15F2N3O3. The van der Waals surface area contributed by atoms with Crippen LogP contribution in [0.2, 0.25) is 0 Å². The summed E-state index contributed by atoms with van der Waals surface area (Å²) >= 11 is 0. The number of aromatic nitrogens is 3. The predicted molar refractivity (Wildman–Crippen MR) is 57.6 cm³/mol. The van der Waals surface area contributed by atoms with E-state index in [4.69, 9.17) is 9.84 Å². The van der Waals surface area contributed by atoms with E-state index in [9.17, 15) is 13.6 Å². The Labute approximate surface area is 103 Å². The van der Waals surface area contributed by atoms with E-state index in [1.807, 2.05) is 13.8 Å². The highest BCUT2D eigenvalue weighted by Gasteiger charge is 2.25. The molecule has 0 unspecified atom stereocenters. The van der Waals surface area contributed by atoms with Crippen molar-refractivity contribution >= 4 is 5.97 Å². The average Bonchev–Trinajstić information content (AvgIpc) is 2.67. The molecule has 0 aliphatic carbocycles. The molecule has 1 rings (SSSR count). The van der Waals surface area contributed by atoms with Gasteiger partial charge in [0, 0.05) is 6.61 Å². The van der Waals surface area contributed by atoms with Crippen molar-refractivity contribution in [3.8, 4) is 0 Å². The third-order valence-corrected chi connectivity index (χ3v) is 2.08. The fourth-order valence-corrected chi connectivity index (χ4v) is 1.32. The van der Waals surface area contributed by atoms with Crippen molar-refractivity contribution in [2.24, 2.45) is 5.92 Å². The maximum Gasteiger partial charge on any atom is 0.358 e. The molecule has 0 aliphatic heterocycles. The fourth-order valence-electron chi connectivity index (χ4n) is 1.32. The van der Waals surface area contributed by atoms with Crippen molar-refractivity contribution in [1.29, 1.82) is 0 Å². The lowest BCUT2D eigenvalue weighted by Gasteiger charge is -2.08. The summed E-state index contributed by atoms with van der Waals surface area (Å²) in [5.41, 5.74) is -1.40. The van der Waals surface area contributed by atoms with Gasteiger partial charge in [0.05, 0.1) is 13.2 Å². The van der Waals surface area contributed by atoms with Crippen molar-refractivity contribution in [1.82, 2.24) is 15.0 Å². The standard InChI is InChI=1S/C10H15F2N3O3/c1-6(2)5-18-4-3-15-8(9(11)12)7(10(16)17)13-14-15/h6,9H,3-5H2,1-2H3,(H,16,17). The third kappa shape index (κ3) is 3.73. The number of nitrogens with zero attached hydrogens (tertiary/aromatic N) is 3. The Morgan fingerprint density at radius 3 is 2.67 bits per heavy atom. The van der Waals surface area contributed by atoms with Crippen LogP contribution in [-0.4, -0.2) is 39.3 Å². The normalized spacial score (nSPS) is 11.4. The first kappa shape index (κ1) is 14.5. The number of ether oxygens (including phenoxy) is 1. The van der Waals surface area contributed by atoms with Crippen molar-refractivity contribution in [3.63, 3.8) is 0 Å². The van der Waals surface area contributed by atoms with Crippen LogP contribution in [0.5, 0.6) is 0 Å². The van der Waals surface area contributed by atoms with Gasteiger partial charge in [-0.2, -0.15) is 0 Å². The van der Waals surface area contributed by atoms with Crippen molar-refractivity contribution in [2.75, 3.05) is 13.2 Å². The van der Waals surface area contributed by atoms with Crippen LogP contribution in [-0.2, 0) is 11.3 Å². The Balaban J connectivity index is 2.68. The van der Waals surface area contributed by atoms with Gasteiger partial charge in [-0.15, -0.1) is 5.10 Å². The summed E-state index contributed by atoms with van der Waals surface area (Å²) in [5.74, 6) is -1.18. The highest BCUT2D eigenvalue weighted by molar-refractivity contribution is 5.86. The maximum atomic E-state index is 12.7. The second-order valence-electron chi connectivity index (χ2n) is 4.12. The van der Waals surface area contributed by atoms with Gasteiger partial charge in [0.25, 0.3) is 6.43 Å². The summed E-state index contributed by atoms with van der Waals surface area (Å²) in [4.78, 5) is 10.7. The molecule has 0 saturated carbocycles. The summed E-state index contributed by atoms with van der Waals surface area (Å²) in [6.45, 7) is 4.66. The number of aromatic carboxylic acids is 1. The summed E-state index contributed by atoms with van der Waals surface area (Å²) in [7, 11) is 0. The molecule has 0 atom stereocenters. The minimum atomic E-state index is -2.93. The largest absolute Gasteiger partial charge is 0.476 e. The first-order valence-corrected chi connectivity index (χ1v) is 5.46. The third-order valence-electron chi connectivity index (χ3n) is 2.08. The van der Waals surface area contributed by atoms with Gasteiger partial charge in [-0.25, -0.2) is 18.3 Å². The zero-order valence-corrected chi connectivity index (χ0v) is 10.1. The summed E-state index contributed by atoms with van der Waals surface area (Å²) in [6, 6.07) is 0. The van der Waals surface area contributed by atoms with Gasteiger partial charge in [-0.1, -0.05) is 19.1 Å². The van der Waals surface area contributed by atoms with Gasteiger partial charge in [0.2, 0.25) is 0 Å². The van der Waals surface area contributed by atoms with E-state index in [1.165, 1.54) is 0 Å². The molecule has 1 heterocycles. The van der Waals surface area contributed by atoms with Crippen LogP contribution < -0.4 is 0 Å². The van der Waals surface area contributed by atoms with Crippen LogP contribution >= 0.6 is 0 Å². The van der Waals surface area contributed by atoms with Crippen LogP contribution in [0.1, 0.15) is 36.5 Å². The highest BCUT2D eigenvalue weighted by Crippen LogP contribution is 2.21. The molecule has 0 aromatic carbocycles. The smallest absolute Gasteiger partial charge is 0.358 e. The molecule has 1 aromatic rings. The minimum absolute atomic E-state index is 0.0483. The molecule has 8 heteroatoms. The lowest BCUT2D eigenvalue weighted by atomic mass is 10.2. The van der Waals surface area contributed by atoms with E-state index in [0.717, 1.165) is 4.68 Å². The maximum absolute atomic E-state index is 12.7. The first-order chi connectivity index (χ1) is 8.43. The average molecular weight is 263 g/mol. The first-order valence-electron chi connectivity index (χ1n) is 5.46. The van der Waals surface area contributed by atoms with Crippen LogP contribution in [0.4, 0.5) is 8.78 Å². The van der Waals surface area contributed by atoms with E-state index in [-0.39, 0.29) is 13.2 Å². The van der Waals surface area contributed by atoms with E-state index in [0.29, 0.717) is 12.5 Å². The number of rotatable bonds is 7. The summed E-state index contributed by atoms with van der Waals surface area (Å²) < 4.78 is 31.5. The van der Waals surface area contributed by atoms with Gasteiger partial charge in [0.1, 0.15) is 5.69 Å². The molecule has 18 heavy (non-hydrogen) atoms. The van der Waals surface area contributed by atoms with Crippen molar-refractivity contribution < 1.29 is 23.4 Å². The van der Waals surface area contributed by atoms with E-state index in [1.54, 1.807) is 0 Å². The van der Waals surface area contributed by atoms with Gasteiger partial charge < -0.3 is 9.84 Å². The van der Waals surface area contributed by atoms with Crippen LogP contribution in [0.25, 0.3) is 0 Å². The monoisotopic (exact) mass is 263 g/mol. The molecule has 1 N–H and O–H groups in total. The van der Waals surface area contributed by atoms with Gasteiger partial charge in [0.15, 0.2) is 5.69 Å². The topological polar surface area (TPSA) is 77.2 Å². The van der Waals surface area contributed by atoms with E-state index < -0.39 is 23.8 Å². The SMILES string of the molecule is CC(C)COCCn1nnc(C(=O)O)c1C(F)F. The number of carboxylic acids is 1. The molecule has 0 saturated heterocycles. The second-order valence-corrected chi connectivity index (χ2v) is 4.12. The number of hydrogen-bond donors (Lipinski definition) is 1. The molecular weight excluding hydrogens is 248 g/mol. The van der Waals surface area contributed by atoms with Gasteiger partial charge in [-0.3, -0.25) is 0 Å². The Kier molecular flexibility index (Phi) is 5.14. The lowest BCUT2D eigenvalue weighted by molar-refractivity contribution is 0.0672. The molecule has 0 amide bonds. The highest BCUT2D eigenvalue weighted by atomic mass is 19.3. The van der Waals surface area contributed by atoms with E-state index >= 15 is 0 Å².